The Labute approximate surface area is 123 Å². The standard InChI is InChI=1S/C15H15FN2O2S/c1-11-6-7-18(15-5-3-2-4-14(11)15)21(19,20)13-8-12(16)9-17-10-13/h2-5,8-11H,6-7H2,1H3/t11-/m1/s1. The Hall–Kier alpha value is -1.95. The van der Waals surface area contributed by atoms with E-state index in [1.807, 2.05) is 18.2 Å². The van der Waals surface area contributed by atoms with Crippen molar-refractivity contribution in [3.8, 4) is 0 Å². The van der Waals surface area contributed by atoms with E-state index in [9.17, 15) is 12.8 Å². The third-order valence-electron chi connectivity index (χ3n) is 3.77. The highest BCUT2D eigenvalue weighted by atomic mass is 32.2. The highest BCUT2D eigenvalue weighted by Crippen LogP contribution is 2.37. The third kappa shape index (κ3) is 2.40. The van der Waals surface area contributed by atoms with Crippen molar-refractivity contribution in [2.75, 3.05) is 10.8 Å². The molecule has 2 aromatic rings. The molecule has 1 aliphatic heterocycles. The van der Waals surface area contributed by atoms with Crippen LogP contribution in [-0.2, 0) is 10.0 Å². The highest BCUT2D eigenvalue weighted by molar-refractivity contribution is 7.92. The molecule has 110 valence electrons. The summed E-state index contributed by atoms with van der Waals surface area (Å²) in [5.74, 6) is -0.354. The van der Waals surface area contributed by atoms with Gasteiger partial charge in [-0.2, -0.15) is 0 Å². The van der Waals surface area contributed by atoms with E-state index in [4.69, 9.17) is 0 Å². The van der Waals surface area contributed by atoms with E-state index in [1.165, 1.54) is 10.5 Å². The highest BCUT2D eigenvalue weighted by Gasteiger charge is 2.31. The summed E-state index contributed by atoms with van der Waals surface area (Å²) in [5, 5.41) is 0. The summed E-state index contributed by atoms with van der Waals surface area (Å²) in [6.45, 7) is 2.46. The van der Waals surface area contributed by atoms with Gasteiger partial charge in [0.25, 0.3) is 10.0 Å². The summed E-state index contributed by atoms with van der Waals surface area (Å²) in [7, 11) is -3.79. The van der Waals surface area contributed by atoms with Crippen molar-refractivity contribution in [1.82, 2.24) is 4.98 Å². The summed E-state index contributed by atoms with van der Waals surface area (Å²) < 4.78 is 40.1. The van der Waals surface area contributed by atoms with E-state index < -0.39 is 15.8 Å². The van der Waals surface area contributed by atoms with Crippen LogP contribution in [-0.4, -0.2) is 19.9 Å². The quantitative estimate of drug-likeness (QED) is 0.857. The van der Waals surface area contributed by atoms with Gasteiger partial charge in [-0.05, 0) is 30.0 Å². The number of anilines is 1. The summed E-state index contributed by atoms with van der Waals surface area (Å²) in [6, 6.07) is 8.43. The predicted molar refractivity (Wildman–Crippen MR) is 78.2 cm³/mol. The first-order valence-corrected chi connectivity index (χ1v) is 8.16. The first kappa shape index (κ1) is 14.0. The number of rotatable bonds is 2. The fourth-order valence-electron chi connectivity index (χ4n) is 2.63. The maximum absolute atomic E-state index is 13.3. The lowest BCUT2D eigenvalue weighted by atomic mass is 9.93. The smallest absolute Gasteiger partial charge is 0.265 e. The van der Waals surface area contributed by atoms with Crippen LogP contribution in [0.15, 0.2) is 47.6 Å². The Morgan fingerprint density at radius 1 is 1.29 bits per heavy atom. The number of fused-ring (bicyclic) bond motifs is 1. The van der Waals surface area contributed by atoms with Crippen LogP contribution in [0.25, 0.3) is 0 Å². The lowest BCUT2D eigenvalue weighted by Crippen LogP contribution is -2.36. The van der Waals surface area contributed by atoms with Crippen LogP contribution in [0.2, 0.25) is 0 Å². The van der Waals surface area contributed by atoms with Crippen LogP contribution in [0.3, 0.4) is 0 Å². The zero-order chi connectivity index (χ0) is 15.0. The minimum atomic E-state index is -3.79. The summed E-state index contributed by atoms with van der Waals surface area (Å²) >= 11 is 0. The molecule has 0 radical (unpaired) electrons. The van der Waals surface area contributed by atoms with Crippen molar-refractivity contribution in [2.45, 2.75) is 24.2 Å². The molecule has 0 saturated heterocycles. The Kier molecular flexibility index (Phi) is 3.41. The maximum Gasteiger partial charge on any atom is 0.265 e. The van der Waals surface area contributed by atoms with Crippen LogP contribution >= 0.6 is 0 Å². The molecule has 2 heterocycles. The number of halogens is 1. The lowest BCUT2D eigenvalue weighted by molar-refractivity contribution is 0.573. The summed E-state index contributed by atoms with van der Waals surface area (Å²) in [4.78, 5) is 3.52. The van der Waals surface area contributed by atoms with Crippen molar-refractivity contribution < 1.29 is 12.8 Å². The molecular formula is C15H15FN2O2S. The molecule has 1 atom stereocenters. The van der Waals surface area contributed by atoms with Crippen molar-refractivity contribution in [1.29, 1.82) is 0 Å². The molecule has 4 nitrogen and oxygen atoms in total. The lowest BCUT2D eigenvalue weighted by Gasteiger charge is -2.33. The Balaban J connectivity index is 2.11. The zero-order valence-corrected chi connectivity index (χ0v) is 12.3. The number of benzene rings is 1. The number of aromatic nitrogens is 1. The molecule has 0 spiro atoms. The van der Waals surface area contributed by atoms with Gasteiger partial charge in [0.15, 0.2) is 0 Å². The SMILES string of the molecule is C[C@@H]1CCN(S(=O)(=O)c2cncc(F)c2)c2ccccc21. The Morgan fingerprint density at radius 3 is 2.81 bits per heavy atom. The molecule has 1 aliphatic rings. The second-order valence-corrected chi connectivity index (χ2v) is 7.03. The molecule has 0 saturated carbocycles. The predicted octanol–water partition coefficient (Wildman–Crippen LogP) is 2.92. The molecule has 0 amide bonds. The maximum atomic E-state index is 13.3. The molecule has 1 aromatic heterocycles. The van der Waals surface area contributed by atoms with Crippen molar-refractivity contribution in [3.63, 3.8) is 0 Å². The van der Waals surface area contributed by atoms with E-state index in [1.54, 1.807) is 6.07 Å². The van der Waals surface area contributed by atoms with Gasteiger partial charge in [0.2, 0.25) is 0 Å². The molecule has 21 heavy (non-hydrogen) atoms. The molecule has 1 aromatic carbocycles. The van der Waals surface area contributed by atoms with E-state index in [0.29, 0.717) is 18.2 Å². The number of pyridine rings is 1. The summed E-state index contributed by atoms with van der Waals surface area (Å²) in [5.41, 5.74) is 1.66. The topological polar surface area (TPSA) is 50.3 Å². The van der Waals surface area contributed by atoms with Crippen LogP contribution < -0.4 is 4.31 Å². The Bertz CT molecular complexity index is 777. The Morgan fingerprint density at radius 2 is 2.05 bits per heavy atom. The number of nitrogens with zero attached hydrogens (tertiary/aromatic N) is 2. The average Bonchev–Trinajstić information content (AvgIpc) is 2.47. The fraction of sp³-hybridized carbons (Fsp3) is 0.267. The molecule has 0 unspecified atom stereocenters. The van der Waals surface area contributed by atoms with Gasteiger partial charge in [-0.25, -0.2) is 12.8 Å². The van der Waals surface area contributed by atoms with Gasteiger partial charge < -0.3 is 0 Å². The van der Waals surface area contributed by atoms with Gasteiger partial charge in [0, 0.05) is 12.7 Å². The van der Waals surface area contributed by atoms with Gasteiger partial charge in [-0.3, -0.25) is 9.29 Å². The van der Waals surface area contributed by atoms with Crippen LogP contribution in [0.5, 0.6) is 0 Å². The second kappa shape index (κ2) is 5.11. The number of hydrogen-bond donors (Lipinski definition) is 0. The van der Waals surface area contributed by atoms with E-state index >= 15 is 0 Å². The van der Waals surface area contributed by atoms with Crippen LogP contribution in [0, 0.1) is 5.82 Å². The molecule has 0 aliphatic carbocycles. The molecule has 3 rings (SSSR count). The van der Waals surface area contributed by atoms with E-state index in [0.717, 1.165) is 24.2 Å². The second-order valence-electron chi connectivity index (χ2n) is 5.16. The third-order valence-corrected chi connectivity index (χ3v) is 5.55. The van der Waals surface area contributed by atoms with E-state index in [-0.39, 0.29) is 4.90 Å². The molecule has 0 bridgehead atoms. The van der Waals surface area contributed by atoms with Crippen LogP contribution in [0.4, 0.5) is 10.1 Å². The minimum Gasteiger partial charge on any atom is -0.266 e. The summed E-state index contributed by atoms with van der Waals surface area (Å²) in [6.07, 6.45) is 2.91. The molecule has 0 fully saturated rings. The molecule has 0 N–H and O–H groups in total. The largest absolute Gasteiger partial charge is 0.266 e. The monoisotopic (exact) mass is 306 g/mol. The normalized spacial score (nSPS) is 18.4. The van der Waals surface area contributed by atoms with E-state index in [2.05, 4.69) is 11.9 Å². The van der Waals surface area contributed by atoms with Crippen molar-refractivity contribution in [2.24, 2.45) is 0 Å². The minimum absolute atomic E-state index is 0.119. The van der Waals surface area contributed by atoms with Crippen molar-refractivity contribution in [3.05, 3.63) is 54.1 Å². The van der Waals surface area contributed by atoms with Crippen LogP contribution in [0.1, 0.15) is 24.8 Å². The van der Waals surface area contributed by atoms with Gasteiger partial charge in [-0.1, -0.05) is 25.1 Å². The van der Waals surface area contributed by atoms with Gasteiger partial charge in [0.05, 0.1) is 11.9 Å². The van der Waals surface area contributed by atoms with Gasteiger partial charge >= 0.3 is 0 Å². The average molecular weight is 306 g/mol. The number of sulfonamides is 1. The van der Waals surface area contributed by atoms with Gasteiger partial charge in [-0.15, -0.1) is 0 Å². The number of para-hydroxylation sites is 1. The van der Waals surface area contributed by atoms with Crippen molar-refractivity contribution >= 4 is 15.7 Å². The first-order valence-electron chi connectivity index (χ1n) is 6.72. The molecular weight excluding hydrogens is 291 g/mol. The first-order chi connectivity index (χ1) is 10.00. The fourth-order valence-corrected chi connectivity index (χ4v) is 4.11. The number of hydrogen-bond acceptors (Lipinski definition) is 3. The molecule has 6 heteroatoms. The van der Waals surface area contributed by atoms with Gasteiger partial charge in [0.1, 0.15) is 10.7 Å². The zero-order valence-electron chi connectivity index (χ0n) is 11.5.